The zero-order valence-corrected chi connectivity index (χ0v) is 20.2. The maximum atomic E-state index is 12.0. The van der Waals surface area contributed by atoms with Crippen LogP contribution in [0.3, 0.4) is 0 Å². The van der Waals surface area contributed by atoms with E-state index in [1.54, 1.807) is 0 Å². The Labute approximate surface area is 196 Å². The predicted octanol–water partition coefficient (Wildman–Crippen LogP) is 6.90. The van der Waals surface area contributed by atoms with Crippen molar-refractivity contribution in [3.05, 3.63) is 99.6 Å². The van der Waals surface area contributed by atoms with Crippen LogP contribution in [0.4, 0.5) is 5.69 Å². The molecule has 1 heterocycles. The van der Waals surface area contributed by atoms with Gasteiger partial charge in [0.25, 0.3) is 0 Å². The normalized spacial score (nSPS) is 17.7. The van der Waals surface area contributed by atoms with Crippen molar-refractivity contribution < 1.29 is 9.53 Å². The molecule has 0 spiro atoms. The van der Waals surface area contributed by atoms with Gasteiger partial charge < -0.3 is 4.74 Å². The zero-order valence-electron chi connectivity index (χ0n) is 20.2. The van der Waals surface area contributed by atoms with Gasteiger partial charge in [-0.15, -0.1) is 0 Å². The molecule has 3 nitrogen and oxygen atoms in total. The monoisotopic (exact) mass is 437 g/mol. The Morgan fingerprint density at radius 3 is 2.15 bits per heavy atom. The van der Waals surface area contributed by atoms with E-state index in [4.69, 9.17) is 9.73 Å². The summed E-state index contributed by atoms with van der Waals surface area (Å²) < 4.78 is 4.88. The van der Waals surface area contributed by atoms with E-state index in [0.29, 0.717) is 5.56 Å². The smallest absolute Gasteiger partial charge is 0.337 e. The highest BCUT2D eigenvalue weighted by molar-refractivity contribution is 6.15. The van der Waals surface area contributed by atoms with E-state index in [1.807, 2.05) is 30.3 Å². The average Bonchev–Trinajstić information content (AvgIpc) is 2.97. The fourth-order valence-electron chi connectivity index (χ4n) is 5.28. The number of hydrogen-bond donors (Lipinski definition) is 0. The van der Waals surface area contributed by atoms with Crippen molar-refractivity contribution >= 4 is 17.4 Å². The molecule has 0 radical (unpaired) electrons. The van der Waals surface area contributed by atoms with Crippen molar-refractivity contribution in [3.8, 4) is 0 Å². The fraction of sp³-hybridized carbons (Fsp3) is 0.333. The lowest BCUT2D eigenvalue weighted by Gasteiger charge is -2.42. The van der Waals surface area contributed by atoms with E-state index in [1.165, 1.54) is 47.8 Å². The number of carbonyl (C=O) groups excluding carboxylic acids is 1. The topological polar surface area (TPSA) is 38.7 Å². The summed E-state index contributed by atoms with van der Waals surface area (Å²) in [6.07, 6.45) is 3.23. The molecule has 0 aromatic heterocycles. The van der Waals surface area contributed by atoms with Gasteiger partial charge in [-0.2, -0.15) is 0 Å². The molecule has 0 amide bonds. The minimum atomic E-state index is -0.326. The molecule has 0 fully saturated rings. The quantitative estimate of drug-likeness (QED) is 0.320. The lowest BCUT2D eigenvalue weighted by atomic mass is 9.62. The van der Waals surface area contributed by atoms with Gasteiger partial charge >= 0.3 is 5.97 Å². The summed E-state index contributed by atoms with van der Waals surface area (Å²) in [6, 6.07) is 20.9. The summed E-state index contributed by atoms with van der Waals surface area (Å²) in [5, 5.41) is 0. The highest BCUT2D eigenvalue weighted by atomic mass is 16.5. The number of ether oxygens (including phenoxy) is 1. The van der Waals surface area contributed by atoms with Crippen LogP contribution in [0.5, 0.6) is 0 Å². The van der Waals surface area contributed by atoms with E-state index >= 15 is 0 Å². The largest absolute Gasteiger partial charge is 0.465 e. The first-order chi connectivity index (χ1) is 15.7. The molecule has 3 aromatic rings. The molecule has 0 unspecified atom stereocenters. The molecule has 1 aliphatic carbocycles. The van der Waals surface area contributed by atoms with Gasteiger partial charge in [0.2, 0.25) is 0 Å². The van der Waals surface area contributed by atoms with Crippen molar-refractivity contribution in [3.63, 3.8) is 0 Å². The molecule has 3 heteroatoms. The molecule has 1 aliphatic heterocycles. The minimum absolute atomic E-state index is 0.124. The second-order valence-electron chi connectivity index (χ2n) is 10.7. The molecule has 0 bridgehead atoms. The number of methoxy groups -OCH3 is 1. The molecular weight excluding hydrogens is 406 g/mol. The molecule has 5 rings (SSSR count). The van der Waals surface area contributed by atoms with Gasteiger partial charge in [0.15, 0.2) is 0 Å². The molecule has 2 aliphatic rings. The van der Waals surface area contributed by atoms with Gasteiger partial charge in [0, 0.05) is 17.5 Å². The van der Waals surface area contributed by atoms with Gasteiger partial charge in [-0.3, -0.25) is 0 Å². The number of fused-ring (bicyclic) bond motifs is 3. The third-order valence-corrected chi connectivity index (χ3v) is 7.52. The van der Waals surface area contributed by atoms with E-state index in [9.17, 15) is 4.79 Å². The molecule has 0 atom stereocenters. The highest BCUT2D eigenvalue weighted by Gasteiger charge is 2.38. The SMILES string of the molecule is COC(=O)c1ccc(C2=Nc3ccccc3Cc3cc4c(cc32)C(C)(C)CCC4(C)C)cc1. The molecule has 33 heavy (non-hydrogen) atoms. The number of aliphatic imine (C=N–C) groups is 1. The summed E-state index contributed by atoms with van der Waals surface area (Å²) in [5.41, 5.74) is 10.5. The third-order valence-electron chi connectivity index (χ3n) is 7.52. The van der Waals surface area contributed by atoms with Crippen LogP contribution in [0.15, 0.2) is 65.7 Å². The van der Waals surface area contributed by atoms with E-state index in [-0.39, 0.29) is 16.8 Å². The van der Waals surface area contributed by atoms with Gasteiger partial charge in [0.1, 0.15) is 0 Å². The predicted molar refractivity (Wildman–Crippen MR) is 134 cm³/mol. The maximum absolute atomic E-state index is 12.0. The summed E-state index contributed by atoms with van der Waals surface area (Å²) in [5.74, 6) is -0.326. The van der Waals surface area contributed by atoms with Crippen molar-refractivity contribution in [2.75, 3.05) is 7.11 Å². The summed E-state index contributed by atoms with van der Waals surface area (Å²) in [7, 11) is 1.41. The van der Waals surface area contributed by atoms with Crippen LogP contribution in [0.25, 0.3) is 0 Å². The third kappa shape index (κ3) is 3.70. The van der Waals surface area contributed by atoms with E-state index < -0.39 is 0 Å². The lowest BCUT2D eigenvalue weighted by Crippen LogP contribution is -2.34. The Hall–Kier alpha value is -3.20. The van der Waals surface area contributed by atoms with Crippen LogP contribution in [-0.4, -0.2) is 18.8 Å². The molecule has 168 valence electrons. The Morgan fingerprint density at radius 1 is 0.848 bits per heavy atom. The standard InChI is InChI=1S/C30H31NO2/c1-29(2)14-15-30(3,4)25-18-23-22(17-24(25)29)16-21-8-6-7-9-26(21)31-27(23)19-10-12-20(13-11-19)28(32)33-5/h6-13,17-18H,14-16H2,1-5H3. The molecule has 3 aromatic carbocycles. The number of carbonyl (C=O) groups is 1. The second kappa shape index (κ2) is 7.69. The van der Waals surface area contributed by atoms with Crippen molar-refractivity contribution in [1.29, 1.82) is 0 Å². The zero-order chi connectivity index (χ0) is 23.4. The first kappa shape index (κ1) is 21.6. The van der Waals surface area contributed by atoms with Gasteiger partial charge in [-0.05, 0) is 70.2 Å². The maximum Gasteiger partial charge on any atom is 0.337 e. The summed E-state index contributed by atoms with van der Waals surface area (Å²) >= 11 is 0. The van der Waals surface area contributed by atoms with Crippen molar-refractivity contribution in [2.24, 2.45) is 4.99 Å². The number of esters is 1. The number of rotatable bonds is 2. The molecule has 0 N–H and O–H groups in total. The Balaban J connectivity index is 1.75. The second-order valence-corrected chi connectivity index (χ2v) is 10.7. The lowest BCUT2D eigenvalue weighted by molar-refractivity contribution is 0.0600. The van der Waals surface area contributed by atoms with Crippen molar-refractivity contribution in [1.82, 2.24) is 0 Å². The van der Waals surface area contributed by atoms with Crippen LogP contribution < -0.4 is 0 Å². The highest BCUT2D eigenvalue weighted by Crippen LogP contribution is 2.47. The van der Waals surface area contributed by atoms with Gasteiger partial charge in [0.05, 0.1) is 24.1 Å². The fourth-order valence-corrected chi connectivity index (χ4v) is 5.28. The molecular formula is C30H31NO2. The number of nitrogens with zero attached hydrogens (tertiary/aromatic N) is 1. The first-order valence-electron chi connectivity index (χ1n) is 11.7. The van der Waals surface area contributed by atoms with Crippen LogP contribution in [0.2, 0.25) is 0 Å². The molecule has 0 saturated carbocycles. The number of hydrogen-bond acceptors (Lipinski definition) is 3. The summed E-state index contributed by atoms with van der Waals surface area (Å²) in [4.78, 5) is 17.1. The van der Waals surface area contributed by atoms with Crippen LogP contribution in [0.1, 0.15) is 84.3 Å². The molecule has 0 saturated heterocycles. The first-order valence-corrected chi connectivity index (χ1v) is 11.7. The average molecular weight is 438 g/mol. The Kier molecular flexibility index (Phi) is 5.04. The van der Waals surface area contributed by atoms with Crippen molar-refractivity contribution in [2.45, 2.75) is 57.8 Å². The Bertz CT molecular complexity index is 1280. The van der Waals surface area contributed by atoms with Crippen LogP contribution in [-0.2, 0) is 22.0 Å². The van der Waals surface area contributed by atoms with E-state index in [0.717, 1.165) is 23.4 Å². The van der Waals surface area contributed by atoms with Crippen LogP contribution in [0, 0.1) is 0 Å². The summed E-state index contributed by atoms with van der Waals surface area (Å²) in [6.45, 7) is 9.47. The number of para-hydroxylation sites is 1. The van der Waals surface area contributed by atoms with Gasteiger partial charge in [-0.1, -0.05) is 64.1 Å². The Morgan fingerprint density at radius 2 is 1.48 bits per heavy atom. The minimum Gasteiger partial charge on any atom is -0.465 e. The van der Waals surface area contributed by atoms with E-state index in [2.05, 4.69) is 58.0 Å². The van der Waals surface area contributed by atoms with Crippen LogP contribution >= 0.6 is 0 Å². The van der Waals surface area contributed by atoms with Gasteiger partial charge in [-0.25, -0.2) is 9.79 Å². The number of benzene rings is 3.